The van der Waals surface area contributed by atoms with Crippen molar-refractivity contribution in [1.82, 2.24) is 4.98 Å². The molecule has 1 amide bonds. The molecule has 0 fully saturated rings. The van der Waals surface area contributed by atoms with Crippen molar-refractivity contribution in [3.8, 4) is 5.69 Å². The summed E-state index contributed by atoms with van der Waals surface area (Å²) >= 11 is 0. The molecule has 5 heteroatoms. The van der Waals surface area contributed by atoms with Gasteiger partial charge >= 0.3 is 6.09 Å². The minimum Gasteiger partial charge on any atom is -0.444 e. The van der Waals surface area contributed by atoms with Gasteiger partial charge in [0.1, 0.15) is 16.6 Å². The molecule has 0 aliphatic heterocycles. The molecular weight excluding hydrogens is 386 g/mol. The van der Waals surface area contributed by atoms with Crippen LogP contribution in [-0.2, 0) is 4.74 Å². The van der Waals surface area contributed by atoms with E-state index in [1.165, 1.54) is 11.1 Å². The summed E-state index contributed by atoms with van der Waals surface area (Å²) in [5, 5.41) is 2.90. The summed E-state index contributed by atoms with van der Waals surface area (Å²) in [7, 11) is 0. The Balaban J connectivity index is 1.98. The molecule has 0 spiro atoms. The number of para-hydroxylation sites is 1. The van der Waals surface area contributed by atoms with E-state index in [0.717, 1.165) is 33.3 Å². The topological polar surface area (TPSA) is 55.1 Å². The molecule has 0 saturated heterocycles. The third-order valence-corrected chi connectivity index (χ3v) is 5.29. The fourth-order valence-electron chi connectivity index (χ4n) is 3.67. The predicted octanol–water partition coefficient (Wildman–Crippen LogP) is 5.94. The zero-order chi connectivity index (χ0) is 22.3. The highest BCUT2D eigenvalue weighted by atomic mass is 16.6. The summed E-state index contributed by atoms with van der Waals surface area (Å²) < 4.78 is 7.65. The highest BCUT2D eigenvalue weighted by molar-refractivity contribution is 5.91. The highest BCUT2D eigenvalue weighted by Crippen LogP contribution is 2.26. The summed E-state index contributed by atoms with van der Waals surface area (Å²) in [5.74, 6) is 0. The Labute approximate surface area is 182 Å². The van der Waals surface area contributed by atoms with Gasteiger partial charge in [-0.1, -0.05) is 18.2 Å². The Kier molecular flexibility index (Phi) is 5.13. The average Bonchev–Trinajstić information content (AvgIpc) is 2.68. The van der Waals surface area contributed by atoms with Gasteiger partial charge in [-0.3, -0.25) is 5.32 Å². The van der Waals surface area contributed by atoms with Gasteiger partial charge < -0.3 is 4.74 Å². The largest absolute Gasteiger partial charge is 0.444 e. The number of aryl methyl sites for hydroxylation is 3. The van der Waals surface area contributed by atoms with Gasteiger partial charge in [-0.05, 0) is 70.4 Å². The third kappa shape index (κ3) is 4.22. The predicted molar refractivity (Wildman–Crippen MR) is 125 cm³/mol. The summed E-state index contributed by atoms with van der Waals surface area (Å²) in [6.45, 7) is 11.7. The monoisotopic (exact) mass is 414 g/mol. The summed E-state index contributed by atoms with van der Waals surface area (Å²) in [6, 6.07) is 18.5. The molecule has 0 radical (unpaired) electrons. The van der Waals surface area contributed by atoms with Crippen LogP contribution in [-0.4, -0.2) is 16.7 Å². The lowest BCUT2D eigenvalue weighted by atomic mass is 10.1. The maximum Gasteiger partial charge on any atom is 0.412 e. The van der Waals surface area contributed by atoms with E-state index in [-0.39, 0.29) is 0 Å². The number of anilines is 1. The molecular formula is C26H28N3O2+. The first-order valence-electron chi connectivity index (χ1n) is 10.5. The molecule has 4 aromatic rings. The van der Waals surface area contributed by atoms with Gasteiger partial charge in [-0.2, -0.15) is 0 Å². The molecule has 31 heavy (non-hydrogen) atoms. The van der Waals surface area contributed by atoms with Crippen LogP contribution in [0.3, 0.4) is 0 Å². The van der Waals surface area contributed by atoms with E-state index in [1.54, 1.807) is 0 Å². The molecule has 158 valence electrons. The van der Waals surface area contributed by atoms with E-state index in [1.807, 2.05) is 58.0 Å². The third-order valence-electron chi connectivity index (χ3n) is 5.29. The fraction of sp³-hybridized carbons (Fsp3) is 0.269. The second-order valence-corrected chi connectivity index (χ2v) is 8.99. The molecule has 0 atom stereocenters. The maximum atomic E-state index is 12.4. The minimum absolute atomic E-state index is 0.471. The standard InChI is InChI=1S/C26H27N3O2/c1-16-12-21-23(14-17(16)2)29(19-10-8-7-9-11-19)24-15-20(18(3)13-22(24)27-21)28-25(30)31-26(4,5)6/h7-15H,1-6H3/p+1. The van der Waals surface area contributed by atoms with Crippen LogP contribution < -0.4 is 9.88 Å². The van der Waals surface area contributed by atoms with Crippen LogP contribution in [0.4, 0.5) is 10.5 Å². The van der Waals surface area contributed by atoms with Crippen LogP contribution in [0.5, 0.6) is 0 Å². The van der Waals surface area contributed by atoms with Crippen LogP contribution in [0.2, 0.25) is 0 Å². The van der Waals surface area contributed by atoms with Crippen molar-refractivity contribution >= 4 is 33.8 Å². The van der Waals surface area contributed by atoms with Crippen molar-refractivity contribution in [3.05, 3.63) is 71.3 Å². The van der Waals surface area contributed by atoms with Crippen LogP contribution >= 0.6 is 0 Å². The molecule has 5 nitrogen and oxygen atoms in total. The number of fused-ring (bicyclic) bond motifs is 2. The Morgan fingerprint density at radius 2 is 1.45 bits per heavy atom. The Morgan fingerprint density at radius 1 is 0.871 bits per heavy atom. The van der Waals surface area contributed by atoms with E-state index < -0.39 is 11.7 Å². The summed E-state index contributed by atoms with van der Waals surface area (Å²) in [4.78, 5) is 17.4. The number of rotatable bonds is 2. The van der Waals surface area contributed by atoms with E-state index in [0.29, 0.717) is 5.69 Å². The molecule has 0 saturated carbocycles. The molecule has 0 unspecified atom stereocenters. The van der Waals surface area contributed by atoms with Gasteiger partial charge in [0, 0.05) is 24.3 Å². The van der Waals surface area contributed by atoms with Gasteiger partial charge in [0.2, 0.25) is 16.7 Å². The number of hydrogen-bond acceptors (Lipinski definition) is 3. The average molecular weight is 415 g/mol. The molecule has 0 aliphatic rings. The van der Waals surface area contributed by atoms with Gasteiger partial charge in [-0.15, -0.1) is 4.57 Å². The second-order valence-electron chi connectivity index (χ2n) is 8.99. The smallest absolute Gasteiger partial charge is 0.412 e. The molecule has 1 heterocycles. The number of carbonyl (C=O) groups is 1. The SMILES string of the molecule is Cc1cc2nc3cc(C)c(NC(=O)OC(C)(C)C)cc3[n+](-c3ccccc3)c2cc1C. The number of amides is 1. The Hall–Kier alpha value is -3.47. The quantitative estimate of drug-likeness (QED) is 0.326. The van der Waals surface area contributed by atoms with Gasteiger partial charge in [-0.25, -0.2) is 9.78 Å². The molecule has 0 bridgehead atoms. The number of nitrogens with one attached hydrogen (secondary N) is 1. The maximum absolute atomic E-state index is 12.4. The zero-order valence-electron chi connectivity index (χ0n) is 18.9. The van der Waals surface area contributed by atoms with Crippen molar-refractivity contribution in [3.63, 3.8) is 0 Å². The molecule has 1 aromatic heterocycles. The van der Waals surface area contributed by atoms with Crippen LogP contribution in [0.25, 0.3) is 27.8 Å². The van der Waals surface area contributed by atoms with E-state index in [9.17, 15) is 4.79 Å². The van der Waals surface area contributed by atoms with E-state index in [2.05, 4.69) is 48.0 Å². The minimum atomic E-state index is -0.564. The number of carbonyl (C=O) groups excluding carboxylic acids is 1. The van der Waals surface area contributed by atoms with Crippen molar-refractivity contribution in [1.29, 1.82) is 0 Å². The Morgan fingerprint density at radius 3 is 2.10 bits per heavy atom. The highest BCUT2D eigenvalue weighted by Gasteiger charge is 2.23. The van der Waals surface area contributed by atoms with Crippen molar-refractivity contribution < 1.29 is 14.1 Å². The van der Waals surface area contributed by atoms with Crippen LogP contribution in [0.15, 0.2) is 54.6 Å². The second kappa shape index (κ2) is 7.65. The number of ether oxygens (including phenoxy) is 1. The van der Waals surface area contributed by atoms with Gasteiger partial charge in [0.05, 0.1) is 5.69 Å². The number of benzene rings is 3. The lowest BCUT2D eigenvalue weighted by molar-refractivity contribution is -0.538. The molecule has 0 aliphatic carbocycles. The fourth-order valence-corrected chi connectivity index (χ4v) is 3.67. The lowest BCUT2D eigenvalue weighted by Gasteiger charge is -2.20. The lowest BCUT2D eigenvalue weighted by Crippen LogP contribution is -2.33. The van der Waals surface area contributed by atoms with Crippen LogP contribution in [0.1, 0.15) is 37.5 Å². The van der Waals surface area contributed by atoms with Crippen molar-refractivity contribution in [2.45, 2.75) is 47.1 Å². The number of aromatic nitrogens is 2. The first-order valence-corrected chi connectivity index (χ1v) is 10.5. The summed E-state index contributed by atoms with van der Waals surface area (Å²) in [5.41, 5.74) is 8.26. The summed E-state index contributed by atoms with van der Waals surface area (Å²) in [6.07, 6.45) is -0.471. The van der Waals surface area contributed by atoms with Crippen molar-refractivity contribution in [2.75, 3.05) is 5.32 Å². The molecule has 1 N–H and O–H groups in total. The van der Waals surface area contributed by atoms with Crippen molar-refractivity contribution in [2.24, 2.45) is 0 Å². The first kappa shape index (κ1) is 20.8. The van der Waals surface area contributed by atoms with E-state index >= 15 is 0 Å². The number of hydrogen-bond donors (Lipinski definition) is 1. The molecule has 4 rings (SSSR count). The van der Waals surface area contributed by atoms with E-state index in [4.69, 9.17) is 9.72 Å². The van der Waals surface area contributed by atoms with Gasteiger partial charge in [0.25, 0.3) is 0 Å². The van der Waals surface area contributed by atoms with Gasteiger partial charge in [0.15, 0.2) is 0 Å². The molecule has 3 aromatic carbocycles. The Bertz CT molecular complexity index is 1310. The zero-order valence-corrected chi connectivity index (χ0v) is 18.9. The van der Waals surface area contributed by atoms with Crippen LogP contribution in [0, 0.1) is 20.8 Å². The normalized spacial score (nSPS) is 11.7. The first-order chi connectivity index (χ1) is 14.6. The number of nitrogens with zero attached hydrogens (tertiary/aromatic N) is 2.